The average molecular weight is 375 g/mol. The van der Waals surface area contributed by atoms with Gasteiger partial charge in [0, 0.05) is 17.8 Å². The summed E-state index contributed by atoms with van der Waals surface area (Å²) in [4.78, 5) is 13.1. The molecule has 1 aromatic carbocycles. The predicted molar refractivity (Wildman–Crippen MR) is 105 cm³/mol. The second-order valence-corrected chi connectivity index (χ2v) is 8.40. The van der Waals surface area contributed by atoms with Crippen LogP contribution in [0.25, 0.3) is 11.3 Å². The lowest BCUT2D eigenvalue weighted by molar-refractivity contribution is 0.0929. The van der Waals surface area contributed by atoms with Crippen molar-refractivity contribution in [3.63, 3.8) is 0 Å². The molecule has 0 spiro atoms. The molecule has 1 aromatic heterocycles. The van der Waals surface area contributed by atoms with Gasteiger partial charge in [-0.05, 0) is 52.1 Å². The van der Waals surface area contributed by atoms with Gasteiger partial charge in [0.2, 0.25) is 0 Å². The summed E-state index contributed by atoms with van der Waals surface area (Å²) in [5.74, 6) is 0.237. The molecule has 26 heavy (non-hydrogen) atoms. The fourth-order valence-corrected chi connectivity index (χ4v) is 3.72. The third-order valence-electron chi connectivity index (χ3n) is 5.05. The zero-order valence-electron chi connectivity index (χ0n) is 15.6. The van der Waals surface area contributed by atoms with E-state index in [1.54, 1.807) is 0 Å². The summed E-state index contributed by atoms with van der Waals surface area (Å²) < 4.78 is 1.83. The normalized spacial score (nSPS) is 20.3. The average Bonchev–Trinajstić information content (AvgIpc) is 3.21. The first kappa shape index (κ1) is 18.9. The molecule has 1 fully saturated rings. The van der Waals surface area contributed by atoms with Crippen LogP contribution in [-0.2, 0) is 5.54 Å². The molecule has 1 aliphatic rings. The molecular weight excluding hydrogens is 348 g/mol. The van der Waals surface area contributed by atoms with Crippen molar-refractivity contribution in [2.24, 2.45) is 11.7 Å². The van der Waals surface area contributed by atoms with Crippen LogP contribution in [0.15, 0.2) is 30.5 Å². The molecule has 2 unspecified atom stereocenters. The van der Waals surface area contributed by atoms with Crippen molar-refractivity contribution in [2.75, 3.05) is 6.54 Å². The Morgan fingerprint density at radius 3 is 2.73 bits per heavy atom. The van der Waals surface area contributed by atoms with Gasteiger partial charge in [-0.3, -0.25) is 9.48 Å². The Bertz CT molecular complexity index is 793. The number of nitrogens with one attached hydrogen (secondary N) is 1. The molecule has 0 bridgehead atoms. The van der Waals surface area contributed by atoms with Gasteiger partial charge >= 0.3 is 0 Å². The maximum atomic E-state index is 13.1. The molecule has 140 valence electrons. The zero-order chi connectivity index (χ0) is 18.9. The molecule has 1 aliphatic carbocycles. The standard InChI is InChI=1S/C20H27ClN4O/c1-20(2,3)25-12-15(18(24-25)14-8-4-5-9-16(14)21)19(26)23-17-10-6-7-13(17)11-22/h4-5,8-9,12-13,17H,6-7,10-11,22H2,1-3H3,(H,23,26). The van der Waals surface area contributed by atoms with E-state index < -0.39 is 0 Å². The Kier molecular flexibility index (Phi) is 5.39. The predicted octanol–water partition coefficient (Wildman–Crippen LogP) is 3.82. The monoisotopic (exact) mass is 374 g/mol. The van der Waals surface area contributed by atoms with Crippen LogP contribution in [0.2, 0.25) is 5.02 Å². The Morgan fingerprint density at radius 2 is 2.08 bits per heavy atom. The summed E-state index contributed by atoms with van der Waals surface area (Å²) in [6.45, 7) is 6.77. The van der Waals surface area contributed by atoms with Crippen LogP contribution >= 0.6 is 11.6 Å². The van der Waals surface area contributed by atoms with Crippen molar-refractivity contribution >= 4 is 17.5 Å². The maximum Gasteiger partial charge on any atom is 0.255 e. The van der Waals surface area contributed by atoms with Gasteiger partial charge < -0.3 is 11.1 Å². The fraction of sp³-hybridized carbons (Fsp3) is 0.500. The number of carbonyl (C=O) groups is 1. The minimum Gasteiger partial charge on any atom is -0.349 e. The van der Waals surface area contributed by atoms with E-state index in [4.69, 9.17) is 22.4 Å². The van der Waals surface area contributed by atoms with Gasteiger partial charge in [0.25, 0.3) is 5.91 Å². The topological polar surface area (TPSA) is 72.9 Å². The van der Waals surface area contributed by atoms with Crippen molar-refractivity contribution in [1.29, 1.82) is 0 Å². The molecule has 5 nitrogen and oxygen atoms in total. The molecule has 2 atom stereocenters. The third-order valence-corrected chi connectivity index (χ3v) is 5.38. The molecule has 6 heteroatoms. The summed E-state index contributed by atoms with van der Waals surface area (Å²) in [6, 6.07) is 7.62. The largest absolute Gasteiger partial charge is 0.349 e. The highest BCUT2D eigenvalue weighted by Crippen LogP contribution is 2.31. The molecular formula is C20H27ClN4O. The van der Waals surface area contributed by atoms with E-state index in [0.29, 0.717) is 28.7 Å². The lowest BCUT2D eigenvalue weighted by Gasteiger charge is -2.19. The molecule has 1 amide bonds. The van der Waals surface area contributed by atoms with Crippen LogP contribution in [0.5, 0.6) is 0 Å². The number of carbonyl (C=O) groups excluding carboxylic acids is 1. The van der Waals surface area contributed by atoms with Crippen molar-refractivity contribution in [2.45, 2.75) is 51.6 Å². The second kappa shape index (κ2) is 7.41. The number of nitrogens with zero attached hydrogens (tertiary/aromatic N) is 2. The van der Waals surface area contributed by atoms with Gasteiger partial charge in [0.1, 0.15) is 5.69 Å². The first-order valence-electron chi connectivity index (χ1n) is 9.17. The molecule has 1 heterocycles. The van der Waals surface area contributed by atoms with Gasteiger partial charge in [0.05, 0.1) is 16.1 Å². The SMILES string of the molecule is CC(C)(C)n1cc(C(=O)NC2CCCC2CN)c(-c2ccccc2Cl)n1. The molecule has 0 radical (unpaired) electrons. The van der Waals surface area contributed by atoms with Crippen molar-refractivity contribution in [1.82, 2.24) is 15.1 Å². The first-order valence-corrected chi connectivity index (χ1v) is 9.55. The fourth-order valence-electron chi connectivity index (χ4n) is 3.49. The van der Waals surface area contributed by atoms with E-state index in [0.717, 1.165) is 24.8 Å². The maximum absolute atomic E-state index is 13.1. The second-order valence-electron chi connectivity index (χ2n) is 7.99. The van der Waals surface area contributed by atoms with Crippen molar-refractivity contribution < 1.29 is 4.79 Å². The van der Waals surface area contributed by atoms with E-state index in [2.05, 4.69) is 26.1 Å². The summed E-state index contributed by atoms with van der Waals surface area (Å²) in [5, 5.41) is 8.45. The van der Waals surface area contributed by atoms with E-state index in [1.165, 1.54) is 0 Å². The molecule has 3 rings (SSSR count). The molecule has 0 aliphatic heterocycles. The molecule has 2 aromatic rings. The van der Waals surface area contributed by atoms with Crippen LogP contribution in [0.1, 0.15) is 50.4 Å². The molecule has 0 saturated heterocycles. The summed E-state index contributed by atoms with van der Waals surface area (Å²) >= 11 is 6.38. The number of hydrogen-bond acceptors (Lipinski definition) is 3. The molecule has 3 N–H and O–H groups in total. The smallest absolute Gasteiger partial charge is 0.255 e. The number of benzene rings is 1. The van der Waals surface area contributed by atoms with E-state index in [1.807, 2.05) is 35.1 Å². The number of nitrogens with two attached hydrogens (primary N) is 1. The first-order chi connectivity index (χ1) is 12.3. The van der Waals surface area contributed by atoms with Gasteiger partial charge in [-0.2, -0.15) is 5.10 Å². The lowest BCUT2D eigenvalue weighted by atomic mass is 10.0. The third kappa shape index (κ3) is 3.79. The number of amides is 1. The Labute approximate surface area is 159 Å². The summed E-state index contributed by atoms with van der Waals surface area (Å²) in [7, 11) is 0. The highest BCUT2D eigenvalue weighted by molar-refractivity contribution is 6.33. The van der Waals surface area contributed by atoms with Gasteiger partial charge in [-0.25, -0.2) is 0 Å². The zero-order valence-corrected chi connectivity index (χ0v) is 16.4. The molecule has 1 saturated carbocycles. The van der Waals surface area contributed by atoms with Crippen LogP contribution in [0.3, 0.4) is 0 Å². The summed E-state index contributed by atoms with van der Waals surface area (Å²) in [5.41, 5.74) is 7.56. The van der Waals surface area contributed by atoms with Crippen molar-refractivity contribution in [3.8, 4) is 11.3 Å². The quantitative estimate of drug-likeness (QED) is 0.854. The minimum atomic E-state index is -0.234. The Balaban J connectivity index is 1.98. The van der Waals surface area contributed by atoms with Crippen molar-refractivity contribution in [3.05, 3.63) is 41.0 Å². The lowest BCUT2D eigenvalue weighted by Crippen LogP contribution is -2.40. The van der Waals surface area contributed by atoms with Crippen LogP contribution in [0, 0.1) is 5.92 Å². The van der Waals surface area contributed by atoms with Crippen LogP contribution in [0.4, 0.5) is 0 Å². The van der Waals surface area contributed by atoms with E-state index in [9.17, 15) is 4.79 Å². The van der Waals surface area contributed by atoms with E-state index >= 15 is 0 Å². The van der Waals surface area contributed by atoms with Crippen LogP contribution in [-0.4, -0.2) is 28.3 Å². The highest BCUT2D eigenvalue weighted by atomic mass is 35.5. The van der Waals surface area contributed by atoms with Gasteiger partial charge in [-0.15, -0.1) is 0 Å². The number of hydrogen-bond donors (Lipinski definition) is 2. The van der Waals surface area contributed by atoms with E-state index in [-0.39, 0.29) is 17.5 Å². The van der Waals surface area contributed by atoms with Gasteiger partial charge in [0.15, 0.2) is 0 Å². The number of halogens is 1. The van der Waals surface area contributed by atoms with Gasteiger partial charge in [-0.1, -0.05) is 36.2 Å². The van der Waals surface area contributed by atoms with Crippen LogP contribution < -0.4 is 11.1 Å². The number of aromatic nitrogens is 2. The Morgan fingerprint density at radius 1 is 1.35 bits per heavy atom. The minimum absolute atomic E-state index is 0.110. The number of rotatable bonds is 4. The highest BCUT2D eigenvalue weighted by Gasteiger charge is 2.30. The summed E-state index contributed by atoms with van der Waals surface area (Å²) in [6.07, 6.45) is 4.97. The Hall–Kier alpha value is -1.85.